The van der Waals surface area contributed by atoms with Crippen LogP contribution in [0.15, 0.2) is 22.7 Å². The van der Waals surface area contributed by atoms with Gasteiger partial charge in [0.1, 0.15) is 0 Å². The van der Waals surface area contributed by atoms with E-state index < -0.39 is 5.97 Å². The normalized spacial score (nSPS) is 16.3. The lowest BCUT2D eigenvalue weighted by Crippen LogP contribution is -2.36. The Kier molecular flexibility index (Phi) is 4.86. The first-order valence-electron chi connectivity index (χ1n) is 6.93. The maximum atomic E-state index is 11.0. The highest BCUT2D eigenvalue weighted by atomic mass is 79.9. The van der Waals surface area contributed by atoms with Gasteiger partial charge in [-0.25, -0.2) is 4.79 Å². The topological polar surface area (TPSA) is 40.5 Å². The van der Waals surface area contributed by atoms with E-state index in [-0.39, 0.29) is 0 Å². The van der Waals surface area contributed by atoms with Crippen LogP contribution in [-0.4, -0.2) is 23.7 Å². The average Bonchev–Trinajstić information content (AvgIpc) is 2.40. The van der Waals surface area contributed by atoms with Crippen LogP contribution in [-0.2, 0) is 0 Å². The summed E-state index contributed by atoms with van der Waals surface area (Å²) in [5, 5.41) is 9.06. The van der Waals surface area contributed by atoms with Crippen molar-refractivity contribution in [3.05, 3.63) is 28.2 Å². The molecule has 1 aliphatic rings. The Morgan fingerprint density at radius 3 is 2.58 bits per heavy atom. The van der Waals surface area contributed by atoms with Crippen LogP contribution in [0.5, 0.6) is 0 Å². The number of rotatable bonds is 4. The molecule has 1 fully saturated rings. The second kappa shape index (κ2) is 6.42. The molecule has 104 valence electrons. The fraction of sp³-hybridized carbons (Fsp3) is 0.533. The number of aromatic carboxylic acids is 1. The third-order valence-corrected chi connectivity index (χ3v) is 4.53. The van der Waals surface area contributed by atoms with Gasteiger partial charge in [-0.15, -0.1) is 0 Å². The summed E-state index contributed by atoms with van der Waals surface area (Å²) in [6.07, 6.45) is 6.43. The molecule has 0 atom stereocenters. The Hall–Kier alpha value is -1.03. The molecule has 3 nitrogen and oxygen atoms in total. The molecular formula is C15H20BrNO2. The fourth-order valence-electron chi connectivity index (χ4n) is 2.90. The van der Waals surface area contributed by atoms with Gasteiger partial charge in [-0.3, -0.25) is 0 Å². The van der Waals surface area contributed by atoms with Gasteiger partial charge in [0.05, 0.1) is 5.56 Å². The molecule has 0 bridgehead atoms. The summed E-state index contributed by atoms with van der Waals surface area (Å²) in [6, 6.07) is 6.14. The summed E-state index contributed by atoms with van der Waals surface area (Å²) in [6.45, 7) is 3.12. The van der Waals surface area contributed by atoms with E-state index >= 15 is 0 Å². The lowest BCUT2D eigenvalue weighted by atomic mass is 9.93. The predicted molar refractivity (Wildman–Crippen MR) is 81.0 cm³/mol. The van der Waals surface area contributed by atoms with Crippen LogP contribution in [0.3, 0.4) is 0 Å². The van der Waals surface area contributed by atoms with Crippen LogP contribution in [0.2, 0.25) is 0 Å². The van der Waals surface area contributed by atoms with Crippen LogP contribution in [0, 0.1) is 0 Å². The van der Waals surface area contributed by atoms with Crippen molar-refractivity contribution in [1.29, 1.82) is 0 Å². The second-order valence-corrected chi connectivity index (χ2v) is 5.90. The van der Waals surface area contributed by atoms with E-state index in [9.17, 15) is 4.79 Å². The first-order chi connectivity index (χ1) is 9.13. The van der Waals surface area contributed by atoms with Gasteiger partial charge in [-0.05, 0) is 53.9 Å². The highest BCUT2D eigenvalue weighted by molar-refractivity contribution is 9.10. The predicted octanol–water partition coefficient (Wildman–Crippen LogP) is 4.31. The Bertz CT molecular complexity index is 455. The van der Waals surface area contributed by atoms with Crippen molar-refractivity contribution < 1.29 is 9.90 Å². The molecular weight excluding hydrogens is 306 g/mol. The largest absolute Gasteiger partial charge is 0.478 e. The molecule has 0 radical (unpaired) electrons. The van der Waals surface area contributed by atoms with Crippen molar-refractivity contribution in [2.24, 2.45) is 0 Å². The Morgan fingerprint density at radius 2 is 2.05 bits per heavy atom. The van der Waals surface area contributed by atoms with E-state index in [0.29, 0.717) is 16.1 Å². The molecule has 0 unspecified atom stereocenters. The Morgan fingerprint density at radius 1 is 1.37 bits per heavy atom. The minimum absolute atomic E-state index is 0.323. The van der Waals surface area contributed by atoms with Gasteiger partial charge in [0.15, 0.2) is 0 Å². The van der Waals surface area contributed by atoms with Crippen LogP contribution in [0.1, 0.15) is 49.4 Å². The molecule has 0 aliphatic heterocycles. The third kappa shape index (κ3) is 3.30. The lowest BCUT2D eigenvalue weighted by Gasteiger charge is -2.35. The van der Waals surface area contributed by atoms with E-state index in [1.807, 2.05) is 12.1 Å². The standard InChI is InChI=1S/C15H20BrNO2/c1-2-17(11-6-4-3-5-7-11)12-8-9-13(15(18)19)14(16)10-12/h8-11H,2-7H2,1H3,(H,18,19). The van der Waals surface area contributed by atoms with E-state index in [1.54, 1.807) is 6.07 Å². The number of anilines is 1. The molecule has 0 spiro atoms. The van der Waals surface area contributed by atoms with Gasteiger partial charge in [-0.1, -0.05) is 19.3 Å². The van der Waals surface area contributed by atoms with E-state index in [2.05, 4.69) is 27.8 Å². The zero-order valence-corrected chi connectivity index (χ0v) is 12.8. The van der Waals surface area contributed by atoms with Gasteiger partial charge in [0, 0.05) is 22.7 Å². The highest BCUT2D eigenvalue weighted by Crippen LogP contribution is 2.30. The molecule has 1 aromatic rings. The number of benzene rings is 1. The number of hydrogen-bond acceptors (Lipinski definition) is 2. The quantitative estimate of drug-likeness (QED) is 0.896. The van der Waals surface area contributed by atoms with E-state index in [0.717, 1.165) is 12.2 Å². The van der Waals surface area contributed by atoms with Crippen molar-refractivity contribution >= 4 is 27.6 Å². The van der Waals surface area contributed by atoms with Crippen molar-refractivity contribution in [3.63, 3.8) is 0 Å². The van der Waals surface area contributed by atoms with Gasteiger partial charge < -0.3 is 10.0 Å². The minimum Gasteiger partial charge on any atom is -0.478 e. The monoisotopic (exact) mass is 325 g/mol. The molecule has 1 aliphatic carbocycles. The average molecular weight is 326 g/mol. The summed E-state index contributed by atoms with van der Waals surface area (Å²) < 4.78 is 0.659. The van der Waals surface area contributed by atoms with Gasteiger partial charge in [0.25, 0.3) is 0 Å². The SMILES string of the molecule is CCN(c1ccc(C(=O)O)c(Br)c1)C1CCCCC1. The van der Waals surface area contributed by atoms with Crippen molar-refractivity contribution in [2.45, 2.75) is 45.1 Å². The Balaban J connectivity index is 2.23. The molecule has 0 saturated heterocycles. The van der Waals surface area contributed by atoms with Crippen molar-refractivity contribution in [3.8, 4) is 0 Å². The van der Waals surface area contributed by atoms with Crippen molar-refractivity contribution in [2.75, 3.05) is 11.4 Å². The molecule has 4 heteroatoms. The zero-order valence-electron chi connectivity index (χ0n) is 11.2. The molecule has 19 heavy (non-hydrogen) atoms. The maximum Gasteiger partial charge on any atom is 0.336 e. The van der Waals surface area contributed by atoms with Gasteiger partial charge in [0.2, 0.25) is 0 Å². The second-order valence-electron chi connectivity index (χ2n) is 5.05. The van der Waals surface area contributed by atoms with Gasteiger partial charge >= 0.3 is 5.97 Å². The number of carbonyl (C=O) groups is 1. The summed E-state index contributed by atoms with van der Waals surface area (Å²) in [7, 11) is 0. The molecule has 1 N–H and O–H groups in total. The van der Waals surface area contributed by atoms with Crippen LogP contribution >= 0.6 is 15.9 Å². The lowest BCUT2D eigenvalue weighted by molar-refractivity contribution is 0.0696. The number of carboxylic acids is 1. The molecule has 2 rings (SSSR count). The number of nitrogens with zero attached hydrogens (tertiary/aromatic N) is 1. The molecule has 0 amide bonds. The number of carboxylic acid groups (broad SMARTS) is 1. The van der Waals surface area contributed by atoms with Crippen LogP contribution in [0.4, 0.5) is 5.69 Å². The zero-order chi connectivity index (χ0) is 13.8. The summed E-state index contributed by atoms with van der Waals surface area (Å²) in [5.74, 6) is -0.890. The van der Waals surface area contributed by atoms with Crippen molar-refractivity contribution in [1.82, 2.24) is 0 Å². The Labute approximate surface area is 122 Å². The first-order valence-corrected chi connectivity index (χ1v) is 7.72. The van der Waals surface area contributed by atoms with Crippen LogP contribution < -0.4 is 4.90 Å². The first kappa shape index (κ1) is 14.4. The summed E-state index contributed by atoms with van der Waals surface area (Å²) >= 11 is 3.36. The van der Waals surface area contributed by atoms with Gasteiger partial charge in [-0.2, -0.15) is 0 Å². The highest BCUT2D eigenvalue weighted by Gasteiger charge is 2.21. The van der Waals surface area contributed by atoms with E-state index in [4.69, 9.17) is 5.11 Å². The molecule has 1 saturated carbocycles. The maximum absolute atomic E-state index is 11.0. The molecule has 1 aromatic carbocycles. The minimum atomic E-state index is -0.890. The smallest absolute Gasteiger partial charge is 0.336 e. The molecule has 0 aromatic heterocycles. The number of hydrogen-bond donors (Lipinski definition) is 1. The van der Waals surface area contributed by atoms with E-state index in [1.165, 1.54) is 32.1 Å². The summed E-state index contributed by atoms with van der Waals surface area (Å²) in [4.78, 5) is 13.4. The fourth-order valence-corrected chi connectivity index (χ4v) is 3.44. The summed E-state index contributed by atoms with van der Waals surface area (Å²) in [5.41, 5.74) is 1.44. The number of halogens is 1. The van der Waals surface area contributed by atoms with Crippen LogP contribution in [0.25, 0.3) is 0 Å². The molecule has 0 heterocycles. The third-order valence-electron chi connectivity index (χ3n) is 3.87.